The Labute approximate surface area is 196 Å². The highest BCUT2D eigenvalue weighted by Crippen LogP contribution is 2.43. The van der Waals surface area contributed by atoms with Gasteiger partial charge >= 0.3 is 0 Å². The fraction of sp³-hybridized carbons (Fsp3) is 0.655. The van der Waals surface area contributed by atoms with Crippen molar-refractivity contribution in [3.05, 3.63) is 58.2 Å². The highest BCUT2D eigenvalue weighted by Gasteiger charge is 2.31. The van der Waals surface area contributed by atoms with Crippen LogP contribution in [0, 0.1) is 35.3 Å². The number of hydrogen-bond acceptors (Lipinski definition) is 0. The van der Waals surface area contributed by atoms with Gasteiger partial charge in [0.05, 0.1) is 0 Å². The highest BCUT2D eigenvalue weighted by molar-refractivity contribution is 5.35. The molecule has 4 rings (SSSR count). The molecule has 0 heterocycles. The highest BCUT2D eigenvalue weighted by atomic mass is 19.2. The first-order valence-corrected chi connectivity index (χ1v) is 13.1. The molecule has 182 valence electrons. The van der Waals surface area contributed by atoms with Gasteiger partial charge in [-0.1, -0.05) is 44.9 Å². The first-order valence-electron chi connectivity index (χ1n) is 13.1. The molecule has 0 N–H and O–H groups in total. The van der Waals surface area contributed by atoms with Crippen molar-refractivity contribution in [2.75, 3.05) is 0 Å². The summed E-state index contributed by atoms with van der Waals surface area (Å²) in [5, 5.41) is 0. The van der Waals surface area contributed by atoms with Gasteiger partial charge in [-0.05, 0) is 105 Å². The van der Waals surface area contributed by atoms with E-state index in [4.69, 9.17) is 0 Å². The van der Waals surface area contributed by atoms with Crippen LogP contribution in [0.3, 0.4) is 0 Å². The Kier molecular flexibility index (Phi) is 8.02. The summed E-state index contributed by atoms with van der Waals surface area (Å²) in [4.78, 5) is 0. The zero-order chi connectivity index (χ0) is 23.5. The number of halogens is 4. The number of benzene rings is 1. The van der Waals surface area contributed by atoms with Gasteiger partial charge in [-0.2, -0.15) is 0 Å². The molecule has 1 aromatic carbocycles. The van der Waals surface area contributed by atoms with Crippen LogP contribution in [0.4, 0.5) is 17.6 Å². The third-order valence-corrected chi connectivity index (χ3v) is 8.69. The third kappa shape index (κ3) is 5.41. The van der Waals surface area contributed by atoms with Gasteiger partial charge in [0.15, 0.2) is 17.5 Å². The van der Waals surface area contributed by atoms with Gasteiger partial charge in [-0.25, -0.2) is 17.6 Å². The predicted octanol–water partition coefficient (Wildman–Crippen LogP) is 9.50. The van der Waals surface area contributed by atoms with Crippen LogP contribution in [0.25, 0.3) is 0 Å². The molecule has 3 aliphatic rings. The summed E-state index contributed by atoms with van der Waals surface area (Å²) in [6.45, 7) is 4.11. The van der Waals surface area contributed by atoms with Crippen molar-refractivity contribution in [2.24, 2.45) is 23.7 Å². The lowest BCUT2D eigenvalue weighted by molar-refractivity contribution is 0.279. The van der Waals surface area contributed by atoms with E-state index in [0.29, 0.717) is 47.8 Å². The molecule has 0 aromatic heterocycles. The first-order chi connectivity index (χ1) is 15.9. The molecule has 4 heteroatoms. The van der Waals surface area contributed by atoms with Crippen molar-refractivity contribution >= 4 is 0 Å². The summed E-state index contributed by atoms with van der Waals surface area (Å²) < 4.78 is 58.5. The Morgan fingerprint density at radius 2 is 1.48 bits per heavy atom. The van der Waals surface area contributed by atoms with E-state index < -0.39 is 23.3 Å². The summed E-state index contributed by atoms with van der Waals surface area (Å²) in [5.41, 5.74) is 1.59. The van der Waals surface area contributed by atoms with Crippen molar-refractivity contribution in [3.8, 4) is 0 Å². The van der Waals surface area contributed by atoms with E-state index in [0.717, 1.165) is 57.8 Å². The summed E-state index contributed by atoms with van der Waals surface area (Å²) in [6, 6.07) is 3.60. The minimum absolute atomic E-state index is 0.0801. The van der Waals surface area contributed by atoms with Crippen molar-refractivity contribution < 1.29 is 17.6 Å². The van der Waals surface area contributed by atoms with Gasteiger partial charge in [-0.15, -0.1) is 0 Å². The van der Waals surface area contributed by atoms with Crippen molar-refractivity contribution in [1.29, 1.82) is 0 Å². The van der Waals surface area contributed by atoms with Crippen LogP contribution >= 0.6 is 0 Å². The molecule has 0 spiro atoms. The largest absolute Gasteiger partial charge is 0.208 e. The average Bonchev–Trinajstić information content (AvgIpc) is 2.83. The summed E-state index contributed by atoms with van der Waals surface area (Å²) in [5.74, 6) is -1.49. The van der Waals surface area contributed by atoms with Gasteiger partial charge in [0.2, 0.25) is 0 Å². The molecule has 1 atom stereocenters. The van der Waals surface area contributed by atoms with E-state index in [1.54, 1.807) is 6.07 Å². The zero-order valence-electron chi connectivity index (χ0n) is 20.1. The zero-order valence-corrected chi connectivity index (χ0v) is 20.1. The maximum atomic E-state index is 14.8. The molecule has 0 aliphatic heterocycles. The van der Waals surface area contributed by atoms with Gasteiger partial charge in [0, 0.05) is 5.92 Å². The van der Waals surface area contributed by atoms with Crippen molar-refractivity contribution in [1.82, 2.24) is 0 Å². The number of rotatable bonds is 6. The van der Waals surface area contributed by atoms with E-state index in [1.807, 2.05) is 19.1 Å². The van der Waals surface area contributed by atoms with E-state index in [-0.39, 0.29) is 17.8 Å². The smallest absolute Gasteiger partial charge is 0.162 e. The Balaban J connectivity index is 1.30. The molecule has 33 heavy (non-hydrogen) atoms. The second-order valence-corrected chi connectivity index (χ2v) is 10.8. The van der Waals surface area contributed by atoms with Gasteiger partial charge in [0.1, 0.15) is 5.83 Å². The van der Waals surface area contributed by atoms with E-state index in [1.165, 1.54) is 0 Å². The number of hydrogen-bond donors (Lipinski definition) is 0. The number of allylic oxidation sites excluding steroid dienone is 4. The quantitative estimate of drug-likeness (QED) is 0.369. The molecule has 1 aromatic rings. The Morgan fingerprint density at radius 1 is 0.818 bits per heavy atom. The first kappa shape index (κ1) is 24.5. The van der Waals surface area contributed by atoms with Crippen molar-refractivity contribution in [3.63, 3.8) is 0 Å². The van der Waals surface area contributed by atoms with Crippen LogP contribution in [0.1, 0.15) is 102 Å². The molecule has 0 nitrogen and oxygen atoms in total. The molecule has 1 unspecified atom stereocenters. The van der Waals surface area contributed by atoms with Gasteiger partial charge in [-0.3, -0.25) is 0 Å². The molecular weight excluding hydrogens is 424 g/mol. The second-order valence-electron chi connectivity index (χ2n) is 10.8. The Bertz CT molecular complexity index is 883. The second kappa shape index (κ2) is 10.8. The van der Waals surface area contributed by atoms with Crippen LogP contribution in [0.15, 0.2) is 35.4 Å². The van der Waals surface area contributed by atoms with Crippen molar-refractivity contribution in [2.45, 2.75) is 96.8 Å². The van der Waals surface area contributed by atoms with Crippen LogP contribution in [0.2, 0.25) is 0 Å². The molecule has 2 saturated carbocycles. The lowest BCUT2D eigenvalue weighted by atomic mass is 9.74. The third-order valence-electron chi connectivity index (χ3n) is 8.69. The minimum atomic E-state index is -0.666. The molecule has 2 fully saturated rings. The van der Waals surface area contributed by atoms with Crippen LogP contribution in [-0.2, 0) is 6.42 Å². The maximum absolute atomic E-state index is 14.8. The SMILES string of the molecule is CCC1CC=C(C2CCC(CCc3ccc(C4CCC(C)CC4)c(F)c3F)CC2)C(F)=C1F. The molecule has 0 bridgehead atoms. The van der Waals surface area contributed by atoms with E-state index >= 15 is 0 Å². The predicted molar refractivity (Wildman–Crippen MR) is 126 cm³/mol. The monoisotopic (exact) mass is 462 g/mol. The Hall–Kier alpha value is -1.58. The summed E-state index contributed by atoms with van der Waals surface area (Å²) in [6.07, 6.45) is 12.0. The fourth-order valence-electron chi connectivity index (χ4n) is 6.28. The number of aryl methyl sites for hydroxylation is 1. The summed E-state index contributed by atoms with van der Waals surface area (Å²) in [7, 11) is 0. The standard InChI is InChI=1S/C29H38F4/c1-3-20-14-16-24(28(32)26(20)30)22-11-6-19(7-12-22)8-13-23-15-17-25(29(33)27(23)31)21-9-4-18(2)5-10-21/h15-22H,3-14H2,1-2H3. The molecular formula is C29H38F4. The average molecular weight is 463 g/mol. The van der Waals surface area contributed by atoms with E-state index in [9.17, 15) is 17.6 Å². The lowest BCUT2D eigenvalue weighted by Gasteiger charge is -2.32. The Morgan fingerprint density at radius 3 is 2.15 bits per heavy atom. The minimum Gasteiger partial charge on any atom is -0.208 e. The van der Waals surface area contributed by atoms with Crippen LogP contribution < -0.4 is 0 Å². The molecule has 0 saturated heterocycles. The normalized spacial score (nSPS) is 31.0. The molecule has 3 aliphatic carbocycles. The van der Waals surface area contributed by atoms with Gasteiger partial charge in [0.25, 0.3) is 0 Å². The topological polar surface area (TPSA) is 0 Å². The summed E-state index contributed by atoms with van der Waals surface area (Å²) >= 11 is 0. The van der Waals surface area contributed by atoms with Crippen LogP contribution in [0.5, 0.6) is 0 Å². The molecule has 0 amide bonds. The molecule has 0 radical (unpaired) electrons. The van der Waals surface area contributed by atoms with Crippen LogP contribution in [-0.4, -0.2) is 0 Å². The fourth-order valence-corrected chi connectivity index (χ4v) is 6.28. The van der Waals surface area contributed by atoms with E-state index in [2.05, 4.69) is 6.92 Å². The maximum Gasteiger partial charge on any atom is 0.162 e. The lowest BCUT2D eigenvalue weighted by Crippen LogP contribution is -2.20. The van der Waals surface area contributed by atoms with Gasteiger partial charge < -0.3 is 0 Å².